The summed E-state index contributed by atoms with van der Waals surface area (Å²) in [6.45, 7) is 7.46. The van der Waals surface area contributed by atoms with Crippen LogP contribution in [0.15, 0.2) is 59.2 Å². The highest BCUT2D eigenvalue weighted by atomic mass is 35.5. The first kappa shape index (κ1) is 23.2. The van der Waals surface area contributed by atoms with Gasteiger partial charge in [-0.15, -0.1) is 0 Å². The third kappa shape index (κ3) is 4.71. The first-order chi connectivity index (χ1) is 15.8. The molecule has 2 amide bonds. The molecule has 0 aliphatic carbocycles. The molecule has 0 spiro atoms. The van der Waals surface area contributed by atoms with Gasteiger partial charge in [-0.1, -0.05) is 37.6 Å². The number of carbonyl (C=O) groups is 2. The maximum Gasteiger partial charge on any atom is 0.271 e. The van der Waals surface area contributed by atoms with Crippen LogP contribution in [0, 0.1) is 5.92 Å². The summed E-state index contributed by atoms with van der Waals surface area (Å²) in [5, 5.41) is 3.74. The highest BCUT2D eigenvalue weighted by molar-refractivity contribution is 6.30. The van der Waals surface area contributed by atoms with Crippen molar-refractivity contribution in [1.29, 1.82) is 0 Å². The minimum atomic E-state index is -1.03. The van der Waals surface area contributed by atoms with E-state index >= 15 is 0 Å². The van der Waals surface area contributed by atoms with Crippen molar-refractivity contribution >= 4 is 23.4 Å². The Labute approximate surface area is 199 Å². The SMILES string of the molecule is CC(C)CCNC(=O)C1(C)Cn2c(ccc2-c2ccco2)C(=O)N1CCc1ccc(Cl)cc1. The molecule has 3 aromatic rings. The molecule has 174 valence electrons. The number of furan rings is 1. The molecule has 0 saturated carbocycles. The molecule has 0 fully saturated rings. The molecule has 7 heteroatoms. The zero-order valence-electron chi connectivity index (χ0n) is 19.3. The second-order valence-corrected chi connectivity index (χ2v) is 9.65. The molecule has 1 N–H and O–H groups in total. The standard InChI is InChI=1S/C26H30ClN3O3/c1-18(2)12-14-28-25(32)26(3)17-29-21(23-5-4-16-33-23)10-11-22(29)24(31)30(26)15-13-19-6-8-20(27)9-7-19/h4-11,16,18H,12-15,17H2,1-3H3,(H,28,32). The predicted octanol–water partition coefficient (Wildman–Crippen LogP) is 5.02. The first-order valence-electron chi connectivity index (χ1n) is 11.4. The molecule has 0 radical (unpaired) electrons. The summed E-state index contributed by atoms with van der Waals surface area (Å²) < 4.78 is 7.49. The minimum Gasteiger partial charge on any atom is -0.463 e. The van der Waals surface area contributed by atoms with Gasteiger partial charge in [0.2, 0.25) is 5.91 Å². The Morgan fingerprint density at radius 1 is 1.15 bits per heavy atom. The lowest BCUT2D eigenvalue weighted by Crippen LogP contribution is -2.64. The van der Waals surface area contributed by atoms with Gasteiger partial charge in [-0.25, -0.2) is 0 Å². The molecule has 33 heavy (non-hydrogen) atoms. The Kier molecular flexibility index (Phi) is 6.66. The molecule has 1 aliphatic rings. The van der Waals surface area contributed by atoms with Crippen molar-refractivity contribution in [3.63, 3.8) is 0 Å². The van der Waals surface area contributed by atoms with Gasteiger partial charge < -0.3 is 19.2 Å². The van der Waals surface area contributed by atoms with Gasteiger partial charge in [0.15, 0.2) is 0 Å². The van der Waals surface area contributed by atoms with Crippen LogP contribution in [0.25, 0.3) is 11.5 Å². The van der Waals surface area contributed by atoms with Gasteiger partial charge in [0.1, 0.15) is 17.0 Å². The lowest BCUT2D eigenvalue weighted by molar-refractivity contribution is -0.132. The first-order valence-corrected chi connectivity index (χ1v) is 11.8. The normalized spacial score (nSPS) is 18.0. The van der Waals surface area contributed by atoms with Gasteiger partial charge >= 0.3 is 0 Å². The van der Waals surface area contributed by atoms with E-state index in [1.165, 1.54) is 0 Å². The molecule has 0 bridgehead atoms. The Hall–Kier alpha value is -2.99. The number of fused-ring (bicyclic) bond motifs is 1. The smallest absolute Gasteiger partial charge is 0.271 e. The van der Waals surface area contributed by atoms with Gasteiger partial charge in [-0.3, -0.25) is 9.59 Å². The quantitative estimate of drug-likeness (QED) is 0.505. The fourth-order valence-corrected chi connectivity index (χ4v) is 4.45. The highest BCUT2D eigenvalue weighted by Gasteiger charge is 2.47. The van der Waals surface area contributed by atoms with E-state index in [-0.39, 0.29) is 11.8 Å². The van der Waals surface area contributed by atoms with Crippen molar-refractivity contribution < 1.29 is 14.0 Å². The molecular formula is C26H30ClN3O3. The van der Waals surface area contributed by atoms with Crippen LogP contribution in [0.4, 0.5) is 0 Å². The number of rotatable bonds is 8. The molecule has 6 nitrogen and oxygen atoms in total. The average molecular weight is 468 g/mol. The van der Waals surface area contributed by atoms with E-state index in [2.05, 4.69) is 19.2 Å². The van der Waals surface area contributed by atoms with Crippen LogP contribution in [-0.4, -0.2) is 39.9 Å². The van der Waals surface area contributed by atoms with Gasteiger partial charge in [-0.2, -0.15) is 0 Å². The number of benzene rings is 1. The molecule has 2 aromatic heterocycles. The van der Waals surface area contributed by atoms with Crippen LogP contribution in [-0.2, 0) is 17.8 Å². The summed E-state index contributed by atoms with van der Waals surface area (Å²) in [5.41, 5.74) is 1.38. The summed E-state index contributed by atoms with van der Waals surface area (Å²) in [5.74, 6) is 0.854. The number of nitrogens with zero attached hydrogens (tertiary/aromatic N) is 2. The van der Waals surface area contributed by atoms with Gasteiger partial charge in [-0.05, 0) is 67.6 Å². The van der Waals surface area contributed by atoms with E-state index < -0.39 is 5.54 Å². The number of carbonyl (C=O) groups excluding carboxylic acids is 2. The summed E-state index contributed by atoms with van der Waals surface area (Å²) >= 11 is 6.01. The van der Waals surface area contributed by atoms with Crippen LogP contribution >= 0.6 is 11.6 Å². The molecule has 1 aliphatic heterocycles. The summed E-state index contributed by atoms with van der Waals surface area (Å²) in [6.07, 6.45) is 3.12. The number of hydrogen-bond donors (Lipinski definition) is 1. The molecule has 1 unspecified atom stereocenters. The Morgan fingerprint density at radius 2 is 1.88 bits per heavy atom. The summed E-state index contributed by atoms with van der Waals surface area (Å²) in [7, 11) is 0. The maximum atomic E-state index is 13.7. The van der Waals surface area contributed by atoms with E-state index in [0.717, 1.165) is 17.7 Å². The Balaban J connectivity index is 1.65. The van der Waals surface area contributed by atoms with Crippen molar-refractivity contribution in [3.05, 3.63) is 71.1 Å². The Morgan fingerprint density at radius 3 is 2.55 bits per heavy atom. The zero-order chi connectivity index (χ0) is 23.6. The summed E-state index contributed by atoms with van der Waals surface area (Å²) in [6, 6.07) is 15.0. The van der Waals surface area contributed by atoms with Crippen molar-refractivity contribution in [3.8, 4) is 11.5 Å². The highest BCUT2D eigenvalue weighted by Crippen LogP contribution is 2.33. The lowest BCUT2D eigenvalue weighted by atomic mass is 9.93. The minimum absolute atomic E-state index is 0.141. The van der Waals surface area contributed by atoms with E-state index in [0.29, 0.717) is 48.4 Å². The van der Waals surface area contributed by atoms with Crippen LogP contribution in [0.5, 0.6) is 0 Å². The second-order valence-electron chi connectivity index (χ2n) is 9.21. The second kappa shape index (κ2) is 9.48. The van der Waals surface area contributed by atoms with Crippen LogP contribution in [0.3, 0.4) is 0 Å². The van der Waals surface area contributed by atoms with E-state index in [1.807, 2.05) is 60.0 Å². The van der Waals surface area contributed by atoms with Crippen LogP contribution in [0.2, 0.25) is 5.02 Å². The molecule has 4 rings (SSSR count). The Bertz CT molecular complexity index is 1120. The number of halogens is 1. The van der Waals surface area contributed by atoms with E-state index in [9.17, 15) is 9.59 Å². The van der Waals surface area contributed by atoms with Crippen molar-refractivity contribution in [2.24, 2.45) is 5.92 Å². The fourth-order valence-electron chi connectivity index (χ4n) is 4.32. The van der Waals surface area contributed by atoms with Crippen molar-refractivity contribution in [2.45, 2.75) is 45.7 Å². The maximum absolute atomic E-state index is 13.7. The predicted molar refractivity (Wildman–Crippen MR) is 129 cm³/mol. The van der Waals surface area contributed by atoms with Crippen molar-refractivity contribution in [1.82, 2.24) is 14.8 Å². The van der Waals surface area contributed by atoms with E-state index in [4.69, 9.17) is 16.0 Å². The zero-order valence-corrected chi connectivity index (χ0v) is 20.1. The number of hydrogen-bond acceptors (Lipinski definition) is 3. The third-order valence-electron chi connectivity index (χ3n) is 6.31. The van der Waals surface area contributed by atoms with Crippen LogP contribution < -0.4 is 5.32 Å². The van der Waals surface area contributed by atoms with Gasteiger partial charge in [0.25, 0.3) is 5.91 Å². The fraction of sp³-hybridized carbons (Fsp3) is 0.385. The third-order valence-corrected chi connectivity index (χ3v) is 6.57. The molecule has 1 atom stereocenters. The largest absolute Gasteiger partial charge is 0.463 e. The van der Waals surface area contributed by atoms with Crippen LogP contribution in [0.1, 0.15) is 43.2 Å². The number of amides is 2. The molecule has 0 saturated heterocycles. The lowest BCUT2D eigenvalue weighted by Gasteiger charge is -2.44. The summed E-state index contributed by atoms with van der Waals surface area (Å²) in [4.78, 5) is 28.8. The molecule has 1 aromatic carbocycles. The average Bonchev–Trinajstić information content (AvgIpc) is 3.44. The molecule has 3 heterocycles. The monoisotopic (exact) mass is 467 g/mol. The van der Waals surface area contributed by atoms with Gasteiger partial charge in [0, 0.05) is 18.1 Å². The number of nitrogens with one attached hydrogen (secondary N) is 1. The number of aromatic nitrogens is 1. The van der Waals surface area contributed by atoms with Gasteiger partial charge in [0.05, 0.1) is 18.5 Å². The van der Waals surface area contributed by atoms with Crippen molar-refractivity contribution in [2.75, 3.05) is 13.1 Å². The topological polar surface area (TPSA) is 67.5 Å². The van der Waals surface area contributed by atoms with E-state index in [1.54, 1.807) is 11.2 Å². The molecular weight excluding hydrogens is 438 g/mol.